The van der Waals surface area contributed by atoms with Crippen molar-refractivity contribution in [3.63, 3.8) is 0 Å². The van der Waals surface area contributed by atoms with Gasteiger partial charge in [0.05, 0.1) is 34.7 Å². The van der Waals surface area contributed by atoms with Gasteiger partial charge in [-0.3, -0.25) is 10.1 Å². The number of hydrogen-bond acceptors (Lipinski definition) is 5. The van der Waals surface area contributed by atoms with E-state index in [9.17, 15) is 9.59 Å². The third-order valence-corrected chi connectivity index (χ3v) is 6.42. The molecule has 2 aliphatic rings. The van der Waals surface area contributed by atoms with Crippen LogP contribution in [-0.2, 0) is 10.3 Å². The number of nitrogens with one attached hydrogen (secondary N) is 1. The molecule has 170 valence electrons. The Labute approximate surface area is 194 Å². The van der Waals surface area contributed by atoms with E-state index in [1.54, 1.807) is 0 Å². The van der Waals surface area contributed by atoms with Crippen molar-refractivity contribution in [1.82, 2.24) is 14.7 Å². The van der Waals surface area contributed by atoms with Gasteiger partial charge in [0, 0.05) is 6.54 Å². The molecule has 1 fully saturated rings. The normalized spacial score (nSPS) is 19.7. The average Bonchev–Trinajstić information content (AvgIpc) is 3.17. The molecule has 2 amide bonds. The van der Waals surface area contributed by atoms with Crippen LogP contribution in [-0.4, -0.2) is 39.8 Å². The lowest BCUT2D eigenvalue weighted by Gasteiger charge is -2.45. The number of fused-ring (bicyclic) bond motifs is 2. The third-order valence-electron chi connectivity index (χ3n) is 6.13. The summed E-state index contributed by atoms with van der Waals surface area (Å²) in [5, 5.41) is 6.71. The molecule has 0 unspecified atom stereocenters. The summed E-state index contributed by atoms with van der Waals surface area (Å²) in [5.74, 6) is -0.848. The van der Waals surface area contributed by atoms with Crippen molar-refractivity contribution >= 4 is 35.1 Å². The molecular weight excluding hydrogens is 449 g/mol. The predicted octanol–water partition coefficient (Wildman–Crippen LogP) is 4.25. The number of hydrogen-bond donors (Lipinski definition) is 2. The van der Waals surface area contributed by atoms with Crippen molar-refractivity contribution in [3.8, 4) is 5.69 Å². The molecule has 33 heavy (non-hydrogen) atoms. The Balaban J connectivity index is 1.48. The zero-order valence-corrected chi connectivity index (χ0v) is 18.5. The Kier molecular flexibility index (Phi) is 5.01. The van der Waals surface area contributed by atoms with Gasteiger partial charge in [-0.15, -0.1) is 0 Å². The van der Waals surface area contributed by atoms with Crippen LogP contribution in [0.4, 0.5) is 20.7 Å². The quantitative estimate of drug-likeness (QED) is 0.584. The average molecular weight is 470 g/mol. The summed E-state index contributed by atoms with van der Waals surface area (Å²) in [6.45, 7) is 2.34. The second-order valence-electron chi connectivity index (χ2n) is 8.31. The van der Waals surface area contributed by atoms with Gasteiger partial charge in [-0.05, 0) is 44.0 Å². The molecule has 0 radical (unpaired) electrons. The van der Waals surface area contributed by atoms with E-state index in [0.717, 1.165) is 11.3 Å². The van der Waals surface area contributed by atoms with E-state index < -0.39 is 17.5 Å². The largest absolute Gasteiger partial charge is 0.436 e. The Bertz CT molecular complexity index is 1280. The van der Waals surface area contributed by atoms with Gasteiger partial charge >= 0.3 is 6.09 Å². The van der Waals surface area contributed by atoms with Gasteiger partial charge in [-0.1, -0.05) is 29.3 Å². The highest BCUT2D eigenvalue weighted by atomic mass is 35.5. The molecule has 0 bridgehead atoms. The molecule has 1 spiro atoms. The van der Waals surface area contributed by atoms with Crippen LogP contribution in [0, 0.1) is 12.7 Å². The maximum Gasteiger partial charge on any atom is 0.412 e. The molecule has 3 aromatic rings. The number of aryl methyl sites for hydroxylation is 1. The van der Waals surface area contributed by atoms with Crippen LogP contribution in [0.15, 0.2) is 42.6 Å². The number of halogens is 2. The number of piperidine rings is 1. The molecule has 1 atom stereocenters. The maximum absolute atomic E-state index is 15.1. The number of anilines is 2. The molecule has 1 saturated heterocycles. The molecule has 0 aliphatic carbocycles. The molecule has 3 N–H and O–H groups in total. The van der Waals surface area contributed by atoms with Crippen LogP contribution in [0.1, 0.15) is 34.3 Å². The first-order valence-electron chi connectivity index (χ1n) is 10.5. The van der Waals surface area contributed by atoms with Crippen LogP contribution >= 0.6 is 11.6 Å². The number of carbonyl (C=O) groups excluding carboxylic acids is 2. The number of aromatic nitrogens is 2. The van der Waals surface area contributed by atoms with E-state index in [1.807, 2.05) is 31.2 Å². The van der Waals surface area contributed by atoms with Crippen molar-refractivity contribution in [2.75, 3.05) is 24.1 Å². The first-order chi connectivity index (χ1) is 15.8. The van der Waals surface area contributed by atoms with E-state index in [1.165, 1.54) is 27.9 Å². The molecule has 10 heteroatoms. The fourth-order valence-corrected chi connectivity index (χ4v) is 4.69. The first-order valence-corrected chi connectivity index (χ1v) is 10.9. The minimum Gasteiger partial charge on any atom is -0.436 e. The summed E-state index contributed by atoms with van der Waals surface area (Å²) in [7, 11) is 0. The molecule has 1 aromatic heterocycles. The molecule has 8 nitrogen and oxygen atoms in total. The summed E-state index contributed by atoms with van der Waals surface area (Å²) in [5.41, 5.74) is 7.40. The van der Waals surface area contributed by atoms with Gasteiger partial charge in [-0.2, -0.15) is 5.10 Å². The Morgan fingerprint density at radius 2 is 2.03 bits per heavy atom. The van der Waals surface area contributed by atoms with E-state index in [-0.39, 0.29) is 40.1 Å². The summed E-state index contributed by atoms with van der Waals surface area (Å²) in [4.78, 5) is 27.2. The van der Waals surface area contributed by atoms with E-state index in [2.05, 4.69) is 10.4 Å². The van der Waals surface area contributed by atoms with E-state index in [4.69, 9.17) is 22.1 Å². The third kappa shape index (κ3) is 3.48. The van der Waals surface area contributed by atoms with Crippen molar-refractivity contribution < 1.29 is 18.7 Å². The number of nitrogens with zero attached hydrogens (tertiary/aromatic N) is 3. The lowest BCUT2D eigenvalue weighted by atomic mass is 9.83. The highest BCUT2D eigenvalue weighted by molar-refractivity contribution is 6.31. The highest BCUT2D eigenvalue weighted by Crippen LogP contribution is 2.45. The Hall–Kier alpha value is -3.59. The monoisotopic (exact) mass is 469 g/mol. The molecule has 3 heterocycles. The zero-order chi connectivity index (χ0) is 23.3. The minimum atomic E-state index is -1.34. The summed E-state index contributed by atoms with van der Waals surface area (Å²) >= 11 is 6.02. The number of benzene rings is 2. The van der Waals surface area contributed by atoms with Gasteiger partial charge in [-0.25, -0.2) is 13.9 Å². The lowest BCUT2D eigenvalue weighted by Crippen LogP contribution is -2.53. The summed E-state index contributed by atoms with van der Waals surface area (Å²) < 4.78 is 22.2. The molecule has 2 aromatic carbocycles. The van der Waals surface area contributed by atoms with Gasteiger partial charge in [0.15, 0.2) is 11.4 Å². The second kappa shape index (κ2) is 7.77. The van der Waals surface area contributed by atoms with Gasteiger partial charge in [0.25, 0.3) is 5.91 Å². The number of ether oxygens (including phenoxy) is 1. The Morgan fingerprint density at radius 3 is 2.79 bits per heavy atom. The number of nitrogen functional groups attached to an aromatic ring is 1. The molecule has 0 saturated carbocycles. The fourth-order valence-electron chi connectivity index (χ4n) is 4.53. The van der Waals surface area contributed by atoms with Gasteiger partial charge in [0.1, 0.15) is 11.4 Å². The summed E-state index contributed by atoms with van der Waals surface area (Å²) in [6, 6.07) is 10.5. The van der Waals surface area contributed by atoms with E-state index >= 15 is 4.39 Å². The van der Waals surface area contributed by atoms with Crippen molar-refractivity contribution in [2.45, 2.75) is 25.4 Å². The maximum atomic E-state index is 15.1. The second-order valence-corrected chi connectivity index (χ2v) is 8.72. The van der Waals surface area contributed by atoms with Gasteiger partial charge in [0.2, 0.25) is 0 Å². The van der Waals surface area contributed by atoms with Crippen LogP contribution in [0.3, 0.4) is 0 Å². The topological polar surface area (TPSA) is 102 Å². The smallest absolute Gasteiger partial charge is 0.412 e. The van der Waals surface area contributed by atoms with E-state index in [0.29, 0.717) is 19.4 Å². The fraction of sp³-hybridized carbons (Fsp3) is 0.261. The van der Waals surface area contributed by atoms with Crippen LogP contribution in [0.2, 0.25) is 5.02 Å². The number of rotatable bonds is 2. The Morgan fingerprint density at radius 1 is 1.27 bits per heavy atom. The zero-order valence-electron chi connectivity index (χ0n) is 17.8. The number of carbonyl (C=O) groups is 2. The SMILES string of the molecule is Cc1ccc(-n2ncc(C(=O)N3CCC[C@@]4(C3)OC(=O)Nc3ccc(Cl)c(F)c34)c2N)cc1. The van der Waals surface area contributed by atoms with Crippen LogP contribution < -0.4 is 11.1 Å². The lowest BCUT2D eigenvalue weighted by molar-refractivity contribution is -0.0418. The molecular formula is C23H21ClFN5O3. The van der Waals surface area contributed by atoms with Crippen LogP contribution in [0.5, 0.6) is 0 Å². The van der Waals surface area contributed by atoms with Crippen molar-refractivity contribution in [1.29, 1.82) is 0 Å². The summed E-state index contributed by atoms with van der Waals surface area (Å²) in [6.07, 6.45) is 1.56. The first kappa shape index (κ1) is 21.3. The molecule has 2 aliphatic heterocycles. The number of amides is 2. The standard InChI is InChI=1S/C23H21ClFN5O3/c1-13-3-5-14(6-4-13)30-20(26)15(11-27-30)21(31)29-10-2-9-23(12-29)18-17(28-22(32)33-23)8-7-16(24)19(18)25/h3-8,11H,2,9-10,12,26H2,1H3,(H,28,32)/t23-/m0/s1. The van der Waals surface area contributed by atoms with Crippen molar-refractivity contribution in [2.24, 2.45) is 0 Å². The molecule has 5 rings (SSSR count). The highest BCUT2D eigenvalue weighted by Gasteiger charge is 2.48. The number of likely N-dealkylation sites (tertiary alicyclic amines) is 1. The van der Waals surface area contributed by atoms with Gasteiger partial charge < -0.3 is 15.4 Å². The van der Waals surface area contributed by atoms with Crippen LogP contribution in [0.25, 0.3) is 5.69 Å². The van der Waals surface area contributed by atoms with Crippen molar-refractivity contribution in [3.05, 3.63) is 70.1 Å². The number of nitrogens with two attached hydrogens (primary N) is 1. The minimum absolute atomic E-state index is 0.0291. The predicted molar refractivity (Wildman–Crippen MR) is 121 cm³/mol.